The van der Waals surface area contributed by atoms with Gasteiger partial charge in [-0.2, -0.15) is 10.4 Å². The van der Waals surface area contributed by atoms with Gasteiger partial charge in [0.2, 0.25) is 0 Å². The highest BCUT2D eigenvalue weighted by Gasteiger charge is 2.05. The Bertz CT molecular complexity index is 686. The van der Waals surface area contributed by atoms with E-state index in [0.29, 0.717) is 24.3 Å². The average Bonchev–Trinajstić information content (AvgIpc) is 2.48. The molecule has 20 heavy (non-hydrogen) atoms. The summed E-state index contributed by atoms with van der Waals surface area (Å²) in [6, 6.07) is 10.7. The number of nitrogens with two attached hydrogens (primary N) is 1. The van der Waals surface area contributed by atoms with Crippen molar-refractivity contribution in [2.24, 2.45) is 5.73 Å². The Hall–Kier alpha value is -2.65. The number of hydrogen-bond acceptors (Lipinski definition) is 5. The molecule has 0 saturated carbocycles. The van der Waals surface area contributed by atoms with Crippen LogP contribution in [0.15, 0.2) is 41.3 Å². The molecule has 0 aliphatic heterocycles. The number of nitrogens with one attached hydrogen (secondary N) is 1. The van der Waals surface area contributed by atoms with Gasteiger partial charge in [0.15, 0.2) is 0 Å². The predicted molar refractivity (Wildman–Crippen MR) is 76.3 cm³/mol. The average molecular weight is 269 g/mol. The molecule has 6 nitrogen and oxygen atoms in total. The molecule has 0 bridgehead atoms. The highest BCUT2D eigenvalue weighted by molar-refractivity contribution is 5.39. The van der Waals surface area contributed by atoms with E-state index >= 15 is 0 Å². The maximum absolute atomic E-state index is 12.0. The minimum absolute atomic E-state index is 0.222. The third-order valence-electron chi connectivity index (χ3n) is 2.80. The van der Waals surface area contributed by atoms with Crippen LogP contribution in [0.3, 0.4) is 0 Å². The normalized spacial score (nSPS) is 10.0. The van der Waals surface area contributed by atoms with E-state index in [4.69, 9.17) is 11.0 Å². The molecule has 2 rings (SSSR count). The van der Waals surface area contributed by atoms with Crippen LogP contribution < -0.4 is 16.6 Å². The fraction of sp³-hybridized carbons (Fsp3) is 0.214. The lowest BCUT2D eigenvalue weighted by Gasteiger charge is -2.08. The number of benzene rings is 1. The zero-order valence-corrected chi connectivity index (χ0v) is 10.9. The summed E-state index contributed by atoms with van der Waals surface area (Å²) in [4.78, 5) is 12.0. The van der Waals surface area contributed by atoms with Gasteiger partial charge in [0.1, 0.15) is 0 Å². The number of nitriles is 1. The molecule has 0 amide bonds. The van der Waals surface area contributed by atoms with Gasteiger partial charge in [0, 0.05) is 19.2 Å². The molecule has 102 valence electrons. The second kappa shape index (κ2) is 6.50. The predicted octanol–water partition coefficient (Wildman–Crippen LogP) is 0.534. The van der Waals surface area contributed by atoms with Crippen molar-refractivity contribution >= 4 is 5.69 Å². The minimum Gasteiger partial charge on any atom is -0.382 e. The molecule has 1 aromatic heterocycles. The van der Waals surface area contributed by atoms with Gasteiger partial charge in [-0.1, -0.05) is 18.2 Å². The monoisotopic (exact) mass is 269 g/mol. The molecule has 3 N–H and O–H groups in total. The molecule has 0 atom stereocenters. The number of aromatic nitrogens is 2. The highest BCUT2D eigenvalue weighted by atomic mass is 16.1. The molecule has 0 fully saturated rings. The summed E-state index contributed by atoms with van der Waals surface area (Å²) in [5.74, 6) is 0. The molecular formula is C14H15N5O. The van der Waals surface area contributed by atoms with Gasteiger partial charge in [-0.05, 0) is 11.6 Å². The first-order chi connectivity index (χ1) is 9.74. The van der Waals surface area contributed by atoms with E-state index in [1.807, 2.05) is 12.1 Å². The van der Waals surface area contributed by atoms with Crippen LogP contribution in [0.1, 0.15) is 11.1 Å². The molecule has 0 aliphatic rings. The van der Waals surface area contributed by atoms with E-state index in [0.717, 1.165) is 5.56 Å². The number of rotatable bonds is 5. The standard InChI is InChI=1S/C14H15N5O/c15-5-6-17-13-7-14(20)19(18-9-13)10-12-4-2-1-3-11(12)8-16/h1-4,7,9,17H,5-6,10,15H2. The van der Waals surface area contributed by atoms with Gasteiger partial charge in [0.05, 0.1) is 30.1 Å². The first kappa shape index (κ1) is 13.8. The summed E-state index contributed by atoms with van der Waals surface area (Å²) in [7, 11) is 0. The Morgan fingerprint density at radius 2 is 2.20 bits per heavy atom. The van der Waals surface area contributed by atoms with Crippen LogP contribution in [0.2, 0.25) is 0 Å². The second-order valence-electron chi connectivity index (χ2n) is 4.22. The molecule has 0 unspecified atom stereocenters. The van der Waals surface area contributed by atoms with Crippen molar-refractivity contribution < 1.29 is 0 Å². The number of hydrogen-bond donors (Lipinski definition) is 2. The Morgan fingerprint density at radius 3 is 2.90 bits per heavy atom. The van der Waals surface area contributed by atoms with Crippen LogP contribution in [0, 0.1) is 11.3 Å². The second-order valence-corrected chi connectivity index (χ2v) is 4.22. The van der Waals surface area contributed by atoms with Crippen LogP contribution in [0.4, 0.5) is 5.69 Å². The van der Waals surface area contributed by atoms with Crippen LogP contribution in [0.25, 0.3) is 0 Å². The van der Waals surface area contributed by atoms with Crippen molar-refractivity contribution in [3.8, 4) is 6.07 Å². The number of nitrogens with zero attached hydrogens (tertiary/aromatic N) is 3. The van der Waals surface area contributed by atoms with Crippen LogP contribution in [0.5, 0.6) is 0 Å². The third-order valence-corrected chi connectivity index (χ3v) is 2.80. The molecule has 1 aromatic carbocycles. The summed E-state index contributed by atoms with van der Waals surface area (Å²) < 4.78 is 1.32. The topological polar surface area (TPSA) is 96.7 Å². The molecule has 0 saturated heterocycles. The van der Waals surface area contributed by atoms with Gasteiger partial charge >= 0.3 is 0 Å². The van der Waals surface area contributed by atoms with Crippen molar-refractivity contribution in [1.29, 1.82) is 5.26 Å². The summed E-state index contributed by atoms with van der Waals surface area (Å²) in [6.07, 6.45) is 1.58. The third kappa shape index (κ3) is 3.22. The SMILES string of the molecule is N#Cc1ccccc1Cn1ncc(NCCN)cc1=O. The van der Waals surface area contributed by atoms with Gasteiger partial charge in [-0.15, -0.1) is 0 Å². The molecular weight excluding hydrogens is 254 g/mol. The Balaban J connectivity index is 2.22. The van der Waals surface area contributed by atoms with Crippen LogP contribution >= 0.6 is 0 Å². The van der Waals surface area contributed by atoms with Crippen molar-refractivity contribution in [3.05, 3.63) is 58.0 Å². The van der Waals surface area contributed by atoms with Crippen molar-refractivity contribution in [2.75, 3.05) is 18.4 Å². The molecule has 1 heterocycles. The van der Waals surface area contributed by atoms with Gasteiger partial charge in [0.25, 0.3) is 5.56 Å². The van der Waals surface area contributed by atoms with Gasteiger partial charge in [-0.25, -0.2) is 4.68 Å². The highest BCUT2D eigenvalue weighted by Crippen LogP contribution is 2.08. The first-order valence-corrected chi connectivity index (χ1v) is 6.23. The maximum atomic E-state index is 12.0. The van der Waals surface area contributed by atoms with E-state index in [2.05, 4.69) is 16.5 Å². The van der Waals surface area contributed by atoms with Gasteiger partial charge < -0.3 is 11.1 Å². The lowest BCUT2D eigenvalue weighted by molar-refractivity contribution is 0.638. The Morgan fingerprint density at radius 1 is 1.40 bits per heavy atom. The largest absolute Gasteiger partial charge is 0.382 e. The van der Waals surface area contributed by atoms with Crippen molar-refractivity contribution in [3.63, 3.8) is 0 Å². The zero-order chi connectivity index (χ0) is 14.4. The lowest BCUT2D eigenvalue weighted by atomic mass is 10.1. The zero-order valence-electron chi connectivity index (χ0n) is 10.9. The van der Waals surface area contributed by atoms with Crippen LogP contribution in [-0.2, 0) is 6.54 Å². The molecule has 2 aromatic rings. The Labute approximate surface area is 116 Å². The number of anilines is 1. The molecule has 0 spiro atoms. The summed E-state index contributed by atoms with van der Waals surface area (Å²) >= 11 is 0. The lowest BCUT2D eigenvalue weighted by Crippen LogP contribution is -2.24. The van der Waals surface area contributed by atoms with Crippen LogP contribution in [-0.4, -0.2) is 22.9 Å². The van der Waals surface area contributed by atoms with E-state index in [1.54, 1.807) is 18.3 Å². The van der Waals surface area contributed by atoms with E-state index in [-0.39, 0.29) is 12.1 Å². The minimum atomic E-state index is -0.222. The molecule has 0 radical (unpaired) electrons. The summed E-state index contributed by atoms with van der Waals surface area (Å²) in [6.45, 7) is 1.35. The smallest absolute Gasteiger partial charge is 0.269 e. The molecule has 0 aliphatic carbocycles. The van der Waals surface area contributed by atoms with E-state index < -0.39 is 0 Å². The van der Waals surface area contributed by atoms with E-state index in [9.17, 15) is 4.79 Å². The van der Waals surface area contributed by atoms with Crippen molar-refractivity contribution in [1.82, 2.24) is 9.78 Å². The maximum Gasteiger partial charge on any atom is 0.269 e. The Kier molecular flexibility index (Phi) is 4.47. The summed E-state index contributed by atoms with van der Waals surface area (Å²) in [5.41, 5.74) is 7.12. The summed E-state index contributed by atoms with van der Waals surface area (Å²) in [5, 5.41) is 16.1. The molecule has 6 heteroatoms. The fourth-order valence-electron chi connectivity index (χ4n) is 1.79. The first-order valence-electron chi connectivity index (χ1n) is 6.23. The van der Waals surface area contributed by atoms with Gasteiger partial charge in [-0.3, -0.25) is 4.79 Å². The fourth-order valence-corrected chi connectivity index (χ4v) is 1.79. The quantitative estimate of drug-likeness (QED) is 0.825. The van der Waals surface area contributed by atoms with Crippen molar-refractivity contribution in [2.45, 2.75) is 6.54 Å². The van der Waals surface area contributed by atoms with E-state index in [1.165, 1.54) is 10.7 Å².